The molecule has 29 heavy (non-hydrogen) atoms. The summed E-state index contributed by atoms with van der Waals surface area (Å²) in [6.45, 7) is 13.7. The van der Waals surface area contributed by atoms with Gasteiger partial charge < -0.3 is 14.4 Å². The zero-order valence-electron chi connectivity index (χ0n) is 18.3. The van der Waals surface area contributed by atoms with Crippen LogP contribution in [0.4, 0.5) is 0 Å². The van der Waals surface area contributed by atoms with Gasteiger partial charge in [-0.25, -0.2) is 0 Å². The Morgan fingerprint density at radius 1 is 1.07 bits per heavy atom. The van der Waals surface area contributed by atoms with Crippen molar-refractivity contribution in [1.29, 1.82) is 0 Å². The standard InChI is InChI=1S/C23H32N2O4/c1-14(2)28-10-9-25-22(26)20(19-8-7-15(3)16(4)11-19)21(23(25)27)24-12-17(5)29-18(6)13-24/h7-8,11,14,17-18H,9-10,12-13H2,1-6H3. The third kappa shape index (κ3) is 4.54. The van der Waals surface area contributed by atoms with Crippen LogP contribution in [0, 0.1) is 13.8 Å². The molecule has 158 valence electrons. The van der Waals surface area contributed by atoms with Crippen LogP contribution in [0.5, 0.6) is 0 Å². The maximum absolute atomic E-state index is 13.3. The fourth-order valence-electron chi connectivity index (χ4n) is 3.96. The topological polar surface area (TPSA) is 59.1 Å². The molecule has 3 rings (SSSR count). The SMILES string of the molecule is Cc1ccc(C2=C(N3CC(C)OC(C)C3)C(=O)N(CCOC(C)C)C2=O)cc1C. The Bertz CT molecular complexity index is 820. The lowest BCUT2D eigenvalue weighted by molar-refractivity contribution is -0.139. The predicted molar refractivity (Wildman–Crippen MR) is 112 cm³/mol. The number of hydrogen-bond donors (Lipinski definition) is 0. The molecule has 2 aliphatic heterocycles. The van der Waals surface area contributed by atoms with Gasteiger partial charge in [-0.15, -0.1) is 0 Å². The number of ether oxygens (including phenoxy) is 2. The number of aryl methyl sites for hydroxylation is 2. The Morgan fingerprint density at radius 3 is 2.31 bits per heavy atom. The third-order valence-electron chi connectivity index (χ3n) is 5.44. The van der Waals surface area contributed by atoms with E-state index in [2.05, 4.69) is 0 Å². The summed E-state index contributed by atoms with van der Waals surface area (Å²) >= 11 is 0. The highest BCUT2D eigenvalue weighted by molar-refractivity contribution is 6.35. The van der Waals surface area contributed by atoms with Crippen LogP contribution in [-0.2, 0) is 19.1 Å². The number of rotatable bonds is 6. The molecule has 1 saturated heterocycles. The Hall–Kier alpha value is -2.18. The van der Waals surface area contributed by atoms with Gasteiger partial charge in [-0.05, 0) is 58.2 Å². The zero-order valence-corrected chi connectivity index (χ0v) is 18.3. The Labute approximate surface area is 173 Å². The fourth-order valence-corrected chi connectivity index (χ4v) is 3.96. The van der Waals surface area contributed by atoms with Crippen molar-refractivity contribution in [3.63, 3.8) is 0 Å². The van der Waals surface area contributed by atoms with E-state index >= 15 is 0 Å². The van der Waals surface area contributed by atoms with Gasteiger partial charge in [-0.1, -0.05) is 18.2 Å². The molecule has 6 heteroatoms. The van der Waals surface area contributed by atoms with Crippen LogP contribution in [-0.4, -0.2) is 66.2 Å². The molecule has 0 N–H and O–H groups in total. The predicted octanol–water partition coefficient (Wildman–Crippen LogP) is 2.92. The van der Waals surface area contributed by atoms with Gasteiger partial charge in [0.05, 0.1) is 37.0 Å². The molecule has 2 heterocycles. The van der Waals surface area contributed by atoms with Crippen LogP contribution in [0.3, 0.4) is 0 Å². The largest absolute Gasteiger partial charge is 0.377 e. The second-order valence-electron chi connectivity index (χ2n) is 8.37. The summed E-state index contributed by atoms with van der Waals surface area (Å²) in [6, 6.07) is 5.93. The van der Waals surface area contributed by atoms with Crippen LogP contribution < -0.4 is 0 Å². The number of benzene rings is 1. The first kappa shape index (κ1) is 21.5. The molecule has 0 radical (unpaired) electrons. The first-order valence-electron chi connectivity index (χ1n) is 10.4. The van der Waals surface area contributed by atoms with Gasteiger partial charge in [0.15, 0.2) is 0 Å². The van der Waals surface area contributed by atoms with Gasteiger partial charge in [0.25, 0.3) is 11.8 Å². The highest BCUT2D eigenvalue weighted by Gasteiger charge is 2.42. The molecule has 0 bridgehead atoms. The molecule has 2 amide bonds. The lowest BCUT2D eigenvalue weighted by Crippen LogP contribution is -2.47. The van der Waals surface area contributed by atoms with E-state index in [4.69, 9.17) is 9.47 Å². The molecule has 1 fully saturated rings. The van der Waals surface area contributed by atoms with E-state index in [0.29, 0.717) is 31.0 Å². The van der Waals surface area contributed by atoms with Crippen LogP contribution in [0.2, 0.25) is 0 Å². The molecular formula is C23H32N2O4. The van der Waals surface area contributed by atoms with Crippen LogP contribution in [0.25, 0.3) is 5.57 Å². The summed E-state index contributed by atoms with van der Waals surface area (Å²) in [5, 5.41) is 0. The molecule has 0 aliphatic carbocycles. The minimum absolute atomic E-state index is 0.00604. The molecule has 0 spiro atoms. The van der Waals surface area contributed by atoms with Crippen molar-refractivity contribution in [1.82, 2.24) is 9.80 Å². The summed E-state index contributed by atoms with van der Waals surface area (Å²) in [6.07, 6.45) is 0.0392. The van der Waals surface area contributed by atoms with Crippen molar-refractivity contribution in [2.45, 2.75) is 59.9 Å². The van der Waals surface area contributed by atoms with Gasteiger partial charge in [-0.3, -0.25) is 14.5 Å². The second kappa shape index (κ2) is 8.67. The molecule has 2 atom stereocenters. The number of carbonyl (C=O) groups excluding carboxylic acids is 2. The molecule has 0 saturated carbocycles. The number of imide groups is 1. The molecular weight excluding hydrogens is 368 g/mol. The minimum atomic E-state index is -0.243. The molecule has 0 aromatic heterocycles. The Kier molecular flexibility index (Phi) is 6.44. The maximum Gasteiger partial charge on any atom is 0.277 e. The van der Waals surface area contributed by atoms with E-state index < -0.39 is 0 Å². The average molecular weight is 401 g/mol. The number of amides is 2. The highest BCUT2D eigenvalue weighted by atomic mass is 16.5. The van der Waals surface area contributed by atoms with Gasteiger partial charge in [0.1, 0.15) is 5.70 Å². The number of carbonyl (C=O) groups is 2. The van der Waals surface area contributed by atoms with Crippen LogP contribution in [0.15, 0.2) is 23.9 Å². The van der Waals surface area contributed by atoms with E-state index in [1.165, 1.54) is 4.90 Å². The third-order valence-corrected chi connectivity index (χ3v) is 5.44. The fraction of sp³-hybridized carbons (Fsp3) is 0.565. The highest BCUT2D eigenvalue weighted by Crippen LogP contribution is 2.33. The quantitative estimate of drug-likeness (QED) is 0.687. The summed E-state index contributed by atoms with van der Waals surface area (Å²) in [5.74, 6) is -0.482. The van der Waals surface area contributed by atoms with Crippen molar-refractivity contribution in [3.05, 3.63) is 40.6 Å². The number of morpholine rings is 1. The van der Waals surface area contributed by atoms with E-state index in [-0.39, 0.29) is 36.7 Å². The first-order valence-corrected chi connectivity index (χ1v) is 10.4. The summed E-state index contributed by atoms with van der Waals surface area (Å²) < 4.78 is 11.4. The van der Waals surface area contributed by atoms with Gasteiger partial charge in [-0.2, -0.15) is 0 Å². The van der Waals surface area contributed by atoms with Crippen molar-refractivity contribution < 1.29 is 19.1 Å². The van der Waals surface area contributed by atoms with E-state index in [9.17, 15) is 9.59 Å². The van der Waals surface area contributed by atoms with E-state index in [1.54, 1.807) is 0 Å². The summed E-state index contributed by atoms with van der Waals surface area (Å²) in [4.78, 5) is 30.0. The number of hydrogen-bond acceptors (Lipinski definition) is 5. The maximum atomic E-state index is 13.3. The Morgan fingerprint density at radius 2 is 1.72 bits per heavy atom. The van der Waals surface area contributed by atoms with Crippen molar-refractivity contribution in [2.24, 2.45) is 0 Å². The minimum Gasteiger partial charge on any atom is -0.377 e. The van der Waals surface area contributed by atoms with E-state index in [0.717, 1.165) is 16.7 Å². The Balaban J connectivity index is 2.00. The smallest absolute Gasteiger partial charge is 0.277 e. The van der Waals surface area contributed by atoms with Crippen LogP contribution in [0.1, 0.15) is 44.4 Å². The van der Waals surface area contributed by atoms with Gasteiger partial charge in [0.2, 0.25) is 0 Å². The molecule has 2 unspecified atom stereocenters. The summed E-state index contributed by atoms with van der Waals surface area (Å²) in [5.41, 5.74) is 4.03. The number of nitrogens with zero attached hydrogens (tertiary/aromatic N) is 2. The zero-order chi connectivity index (χ0) is 21.3. The normalized spacial score (nSPS) is 23.0. The van der Waals surface area contributed by atoms with Crippen molar-refractivity contribution in [3.8, 4) is 0 Å². The van der Waals surface area contributed by atoms with Gasteiger partial charge >= 0.3 is 0 Å². The van der Waals surface area contributed by atoms with Crippen molar-refractivity contribution >= 4 is 17.4 Å². The second-order valence-corrected chi connectivity index (χ2v) is 8.37. The molecule has 1 aromatic carbocycles. The molecule has 6 nitrogen and oxygen atoms in total. The van der Waals surface area contributed by atoms with E-state index in [1.807, 2.05) is 64.6 Å². The molecule has 1 aromatic rings. The first-order chi connectivity index (χ1) is 13.7. The summed E-state index contributed by atoms with van der Waals surface area (Å²) in [7, 11) is 0. The van der Waals surface area contributed by atoms with Gasteiger partial charge in [0, 0.05) is 13.1 Å². The molecule has 2 aliphatic rings. The monoisotopic (exact) mass is 400 g/mol. The van der Waals surface area contributed by atoms with Crippen molar-refractivity contribution in [2.75, 3.05) is 26.2 Å². The van der Waals surface area contributed by atoms with Crippen LogP contribution >= 0.6 is 0 Å². The lowest BCUT2D eigenvalue weighted by Gasteiger charge is -2.37. The average Bonchev–Trinajstić information content (AvgIpc) is 2.87. The lowest BCUT2D eigenvalue weighted by atomic mass is 9.99.